The molecule has 1 atom stereocenters. The first-order valence-corrected chi connectivity index (χ1v) is 28.8. The fraction of sp³-hybridized carbons (Fsp3) is 0.787. The quantitative estimate of drug-likeness (QED) is 0.0262. The van der Waals surface area contributed by atoms with Crippen molar-refractivity contribution in [2.45, 2.75) is 297 Å². The lowest BCUT2D eigenvalue weighted by Crippen LogP contribution is -2.30. The van der Waals surface area contributed by atoms with Gasteiger partial charge in [0.15, 0.2) is 6.10 Å². The van der Waals surface area contributed by atoms with E-state index in [4.69, 9.17) is 14.2 Å². The molecule has 0 aliphatic carbocycles. The van der Waals surface area contributed by atoms with Gasteiger partial charge in [0, 0.05) is 19.3 Å². The van der Waals surface area contributed by atoms with E-state index in [9.17, 15) is 14.4 Å². The molecule has 0 radical (unpaired) electrons. The Morgan fingerprint density at radius 3 is 0.955 bits per heavy atom. The summed E-state index contributed by atoms with van der Waals surface area (Å²) in [5, 5.41) is 0. The van der Waals surface area contributed by atoms with E-state index in [0.717, 1.165) is 89.9 Å². The Bertz CT molecular complexity index is 1210. The number of hydrogen-bond acceptors (Lipinski definition) is 6. The van der Waals surface area contributed by atoms with Crippen molar-refractivity contribution in [3.05, 3.63) is 60.8 Å². The number of ether oxygens (including phenoxy) is 3. The van der Waals surface area contributed by atoms with Gasteiger partial charge in [0.2, 0.25) is 0 Å². The van der Waals surface area contributed by atoms with E-state index in [2.05, 4.69) is 81.5 Å². The smallest absolute Gasteiger partial charge is 0.306 e. The third kappa shape index (κ3) is 53.9. The van der Waals surface area contributed by atoms with Gasteiger partial charge in [-0.1, -0.05) is 248 Å². The Balaban J connectivity index is 4.36. The highest BCUT2D eigenvalue weighted by molar-refractivity contribution is 5.71. The van der Waals surface area contributed by atoms with Crippen molar-refractivity contribution >= 4 is 17.9 Å². The maximum atomic E-state index is 12.9. The summed E-state index contributed by atoms with van der Waals surface area (Å²) in [6.07, 6.45) is 69.3. The Labute approximate surface area is 415 Å². The van der Waals surface area contributed by atoms with Gasteiger partial charge in [0.25, 0.3) is 0 Å². The lowest BCUT2D eigenvalue weighted by molar-refractivity contribution is -0.167. The van der Waals surface area contributed by atoms with Gasteiger partial charge in [-0.2, -0.15) is 0 Å². The lowest BCUT2D eigenvalue weighted by Gasteiger charge is -2.18. The monoisotopic (exact) mass is 937 g/mol. The van der Waals surface area contributed by atoms with Gasteiger partial charge in [-0.05, 0) is 83.5 Å². The summed E-state index contributed by atoms with van der Waals surface area (Å²) in [6, 6.07) is 0. The normalized spacial score (nSPS) is 12.5. The third-order valence-corrected chi connectivity index (χ3v) is 12.5. The van der Waals surface area contributed by atoms with Crippen LogP contribution in [0.1, 0.15) is 290 Å². The molecule has 6 heteroatoms. The predicted octanol–water partition coefficient (Wildman–Crippen LogP) is 19.2. The van der Waals surface area contributed by atoms with Crippen LogP contribution in [0, 0.1) is 0 Å². The van der Waals surface area contributed by atoms with Gasteiger partial charge in [-0.15, -0.1) is 0 Å². The molecule has 0 amide bonds. The summed E-state index contributed by atoms with van der Waals surface area (Å²) in [5.41, 5.74) is 0. The Morgan fingerprint density at radius 1 is 0.313 bits per heavy atom. The van der Waals surface area contributed by atoms with E-state index in [1.165, 1.54) is 161 Å². The summed E-state index contributed by atoms with van der Waals surface area (Å²) < 4.78 is 16.8. The number of allylic oxidation sites excluding steroid dienone is 10. The molecule has 0 aromatic carbocycles. The maximum Gasteiger partial charge on any atom is 0.306 e. The molecule has 0 spiro atoms. The molecule has 0 aromatic rings. The number of unbranched alkanes of at least 4 members (excludes halogenated alkanes) is 31. The van der Waals surface area contributed by atoms with Gasteiger partial charge < -0.3 is 14.2 Å². The molecular formula is C61H108O6. The molecule has 67 heavy (non-hydrogen) atoms. The van der Waals surface area contributed by atoms with E-state index in [0.29, 0.717) is 19.3 Å². The third-order valence-electron chi connectivity index (χ3n) is 12.5. The molecule has 0 aliphatic heterocycles. The van der Waals surface area contributed by atoms with Crippen LogP contribution in [0.4, 0.5) is 0 Å². The summed E-state index contributed by atoms with van der Waals surface area (Å²) in [5.74, 6) is -0.905. The first kappa shape index (κ1) is 64.1. The molecule has 6 nitrogen and oxygen atoms in total. The summed E-state index contributed by atoms with van der Waals surface area (Å²) in [4.78, 5) is 38.1. The minimum Gasteiger partial charge on any atom is -0.462 e. The van der Waals surface area contributed by atoms with Crippen LogP contribution in [0.2, 0.25) is 0 Å². The zero-order valence-electron chi connectivity index (χ0n) is 44.4. The Kier molecular flexibility index (Phi) is 53.3. The average Bonchev–Trinajstić information content (AvgIpc) is 3.33. The molecule has 0 bridgehead atoms. The van der Waals surface area contributed by atoms with Crippen LogP contribution in [-0.2, 0) is 28.6 Å². The van der Waals surface area contributed by atoms with E-state index < -0.39 is 6.10 Å². The molecule has 0 N–H and O–H groups in total. The lowest BCUT2D eigenvalue weighted by atomic mass is 10.0. The molecule has 0 saturated heterocycles. The first-order valence-electron chi connectivity index (χ1n) is 28.8. The Hall–Kier alpha value is -2.89. The minimum atomic E-state index is -0.786. The van der Waals surface area contributed by atoms with Gasteiger partial charge in [0.1, 0.15) is 13.2 Å². The topological polar surface area (TPSA) is 78.9 Å². The zero-order chi connectivity index (χ0) is 48.6. The first-order chi connectivity index (χ1) is 33.0. The van der Waals surface area contributed by atoms with Crippen LogP contribution in [0.25, 0.3) is 0 Å². The van der Waals surface area contributed by atoms with Crippen LogP contribution in [-0.4, -0.2) is 37.2 Å². The van der Waals surface area contributed by atoms with Gasteiger partial charge in [0.05, 0.1) is 0 Å². The van der Waals surface area contributed by atoms with E-state index in [-0.39, 0.29) is 31.1 Å². The number of carbonyl (C=O) groups is 3. The second kappa shape index (κ2) is 55.7. The minimum absolute atomic E-state index is 0.0835. The SMILES string of the molecule is CC/C=C\C/C=C\C/C=C\CCCCCC(=O)OCC(COC(=O)CCCCCCCCCCC/C=C\C/C=C\CCCCC)OC(=O)CCCCCCCCCCCCCCCCCCC. The summed E-state index contributed by atoms with van der Waals surface area (Å²) in [6.45, 7) is 6.50. The average molecular weight is 938 g/mol. The fourth-order valence-electron chi connectivity index (χ4n) is 8.19. The van der Waals surface area contributed by atoms with E-state index in [1.807, 2.05) is 0 Å². The molecule has 388 valence electrons. The van der Waals surface area contributed by atoms with Crippen LogP contribution in [0.3, 0.4) is 0 Å². The zero-order valence-corrected chi connectivity index (χ0v) is 44.4. The highest BCUT2D eigenvalue weighted by Crippen LogP contribution is 2.16. The van der Waals surface area contributed by atoms with E-state index in [1.54, 1.807) is 0 Å². The van der Waals surface area contributed by atoms with Gasteiger partial charge >= 0.3 is 17.9 Å². The molecule has 0 aliphatic rings. The van der Waals surface area contributed by atoms with Crippen molar-refractivity contribution in [2.24, 2.45) is 0 Å². The van der Waals surface area contributed by atoms with Crippen molar-refractivity contribution < 1.29 is 28.6 Å². The second-order valence-corrected chi connectivity index (χ2v) is 19.2. The van der Waals surface area contributed by atoms with Crippen molar-refractivity contribution in [3.63, 3.8) is 0 Å². The molecule has 0 aromatic heterocycles. The highest BCUT2D eigenvalue weighted by atomic mass is 16.6. The summed E-state index contributed by atoms with van der Waals surface area (Å²) >= 11 is 0. The molecule has 0 rings (SSSR count). The largest absolute Gasteiger partial charge is 0.462 e. The summed E-state index contributed by atoms with van der Waals surface area (Å²) in [7, 11) is 0. The molecule has 0 saturated carbocycles. The molecule has 1 unspecified atom stereocenters. The Morgan fingerprint density at radius 2 is 0.582 bits per heavy atom. The highest BCUT2D eigenvalue weighted by Gasteiger charge is 2.19. The van der Waals surface area contributed by atoms with Crippen molar-refractivity contribution in [1.29, 1.82) is 0 Å². The number of hydrogen-bond donors (Lipinski definition) is 0. The van der Waals surface area contributed by atoms with Gasteiger partial charge in [-0.3, -0.25) is 14.4 Å². The van der Waals surface area contributed by atoms with Crippen molar-refractivity contribution in [1.82, 2.24) is 0 Å². The number of carbonyl (C=O) groups excluding carboxylic acids is 3. The van der Waals surface area contributed by atoms with Crippen LogP contribution in [0.15, 0.2) is 60.8 Å². The second-order valence-electron chi connectivity index (χ2n) is 19.2. The van der Waals surface area contributed by atoms with E-state index >= 15 is 0 Å². The standard InChI is InChI=1S/C61H108O6/c1-4-7-10-13-16-19-22-25-27-29-30-32-33-36-39-42-45-48-51-54-60(63)66-57-58(56-65-59(62)53-50-47-44-41-38-35-24-21-18-15-12-9-6-3)67-61(64)55-52-49-46-43-40-37-34-31-28-26-23-20-17-14-11-8-5-2/h9,12,16,18-19,21,25,27,35,38,58H,4-8,10-11,13-15,17,20,22-24,26,28-34,36-37,39-57H2,1-3H3/b12-9-,19-16-,21-18-,27-25-,38-35-. The van der Waals surface area contributed by atoms with Crippen LogP contribution < -0.4 is 0 Å². The van der Waals surface area contributed by atoms with Crippen molar-refractivity contribution in [3.8, 4) is 0 Å². The maximum absolute atomic E-state index is 12.9. The molecule has 0 heterocycles. The van der Waals surface area contributed by atoms with Crippen LogP contribution in [0.5, 0.6) is 0 Å². The molecule has 0 fully saturated rings. The van der Waals surface area contributed by atoms with Crippen molar-refractivity contribution in [2.75, 3.05) is 13.2 Å². The number of esters is 3. The van der Waals surface area contributed by atoms with Crippen LogP contribution >= 0.6 is 0 Å². The molecular weight excluding hydrogens is 829 g/mol. The number of rotatable bonds is 52. The van der Waals surface area contributed by atoms with Gasteiger partial charge in [-0.25, -0.2) is 0 Å². The fourth-order valence-corrected chi connectivity index (χ4v) is 8.19. The predicted molar refractivity (Wildman–Crippen MR) is 288 cm³/mol.